The summed E-state index contributed by atoms with van der Waals surface area (Å²) in [5.41, 5.74) is 0. The third kappa shape index (κ3) is 8.95. The molecule has 0 aromatic carbocycles. The van der Waals surface area contributed by atoms with Crippen LogP contribution in [0.4, 0.5) is 0 Å². The topological polar surface area (TPSA) is 87.7 Å². The van der Waals surface area contributed by atoms with E-state index in [1.165, 1.54) is 7.11 Å². The number of carboxylic acid groups (broad SMARTS) is 1. The SMILES string of the molecule is COCNC(=O)[C@H](CC(C)C)NCCCC(=O)O. The van der Waals surface area contributed by atoms with Gasteiger partial charge in [0.25, 0.3) is 0 Å². The lowest BCUT2D eigenvalue weighted by molar-refractivity contribution is -0.137. The molecule has 0 rings (SSSR count). The minimum Gasteiger partial charge on any atom is -0.481 e. The monoisotopic (exact) mass is 260 g/mol. The van der Waals surface area contributed by atoms with Crippen LogP contribution in [0.2, 0.25) is 0 Å². The van der Waals surface area contributed by atoms with E-state index in [0.29, 0.717) is 25.3 Å². The summed E-state index contributed by atoms with van der Waals surface area (Å²) in [6.45, 7) is 4.78. The number of carbonyl (C=O) groups is 2. The van der Waals surface area contributed by atoms with E-state index in [0.717, 1.165) is 0 Å². The molecule has 3 N–H and O–H groups in total. The summed E-state index contributed by atoms with van der Waals surface area (Å²) in [6, 6.07) is -0.297. The van der Waals surface area contributed by atoms with E-state index < -0.39 is 5.97 Å². The molecule has 0 saturated carbocycles. The van der Waals surface area contributed by atoms with Crippen molar-refractivity contribution >= 4 is 11.9 Å². The van der Waals surface area contributed by atoms with Gasteiger partial charge in [0, 0.05) is 13.5 Å². The zero-order chi connectivity index (χ0) is 14.0. The van der Waals surface area contributed by atoms with E-state index in [1.807, 2.05) is 13.8 Å². The Morgan fingerprint density at radius 3 is 2.50 bits per heavy atom. The number of aliphatic carboxylic acids is 1. The number of nitrogens with one attached hydrogen (secondary N) is 2. The number of ether oxygens (including phenoxy) is 1. The Labute approximate surface area is 108 Å². The van der Waals surface area contributed by atoms with E-state index >= 15 is 0 Å². The van der Waals surface area contributed by atoms with Crippen molar-refractivity contribution in [2.45, 2.75) is 39.2 Å². The van der Waals surface area contributed by atoms with Crippen LogP contribution in [0.5, 0.6) is 0 Å². The fourth-order valence-corrected chi connectivity index (χ4v) is 1.54. The molecule has 0 aromatic rings. The third-order valence-corrected chi connectivity index (χ3v) is 2.37. The Hall–Kier alpha value is -1.14. The number of hydrogen-bond donors (Lipinski definition) is 3. The van der Waals surface area contributed by atoms with Gasteiger partial charge in [-0.15, -0.1) is 0 Å². The molecule has 0 aliphatic carbocycles. The zero-order valence-electron chi connectivity index (χ0n) is 11.4. The first-order valence-corrected chi connectivity index (χ1v) is 6.19. The van der Waals surface area contributed by atoms with Gasteiger partial charge < -0.3 is 20.5 Å². The molecule has 0 spiro atoms. The highest BCUT2D eigenvalue weighted by atomic mass is 16.5. The number of rotatable bonds is 10. The van der Waals surface area contributed by atoms with Gasteiger partial charge in [0.05, 0.1) is 6.04 Å². The lowest BCUT2D eigenvalue weighted by Gasteiger charge is -2.19. The molecule has 0 radical (unpaired) electrons. The highest BCUT2D eigenvalue weighted by Gasteiger charge is 2.18. The van der Waals surface area contributed by atoms with Crippen LogP contribution in [0.15, 0.2) is 0 Å². The van der Waals surface area contributed by atoms with Crippen LogP contribution < -0.4 is 10.6 Å². The van der Waals surface area contributed by atoms with Crippen molar-refractivity contribution in [3.63, 3.8) is 0 Å². The first kappa shape index (κ1) is 16.9. The molecule has 0 aromatic heterocycles. The lowest BCUT2D eigenvalue weighted by Crippen LogP contribution is -2.45. The predicted octanol–water partition coefficient (Wildman–Crippen LogP) is 0.576. The molecule has 0 saturated heterocycles. The number of hydrogen-bond acceptors (Lipinski definition) is 4. The largest absolute Gasteiger partial charge is 0.481 e. The minimum absolute atomic E-state index is 0.110. The van der Waals surface area contributed by atoms with Gasteiger partial charge in [0.15, 0.2) is 0 Å². The smallest absolute Gasteiger partial charge is 0.303 e. The van der Waals surface area contributed by atoms with Crippen molar-refractivity contribution in [1.29, 1.82) is 0 Å². The molecular formula is C12H24N2O4. The quantitative estimate of drug-likeness (QED) is 0.395. The van der Waals surface area contributed by atoms with Gasteiger partial charge in [0.2, 0.25) is 5.91 Å². The maximum absolute atomic E-state index is 11.8. The van der Waals surface area contributed by atoms with E-state index in [1.54, 1.807) is 0 Å². The van der Waals surface area contributed by atoms with Crippen LogP contribution in [-0.2, 0) is 14.3 Å². The molecule has 0 bridgehead atoms. The Bertz CT molecular complexity index is 256. The Kier molecular flexibility index (Phi) is 9.22. The van der Waals surface area contributed by atoms with Crippen molar-refractivity contribution in [3.05, 3.63) is 0 Å². The van der Waals surface area contributed by atoms with E-state index in [9.17, 15) is 9.59 Å². The van der Waals surface area contributed by atoms with Crippen LogP contribution in [0.1, 0.15) is 33.1 Å². The molecule has 0 aliphatic heterocycles. The average Bonchev–Trinajstić information content (AvgIpc) is 2.29. The van der Waals surface area contributed by atoms with E-state index in [2.05, 4.69) is 10.6 Å². The summed E-state index contributed by atoms with van der Waals surface area (Å²) in [7, 11) is 1.51. The number of amides is 1. The standard InChI is InChI=1S/C12H24N2O4/c1-9(2)7-10(12(17)14-8-18-3)13-6-4-5-11(15)16/h9-10,13H,4-8H2,1-3H3,(H,14,17)(H,15,16)/t10-/m0/s1. The van der Waals surface area contributed by atoms with E-state index in [4.69, 9.17) is 9.84 Å². The fraction of sp³-hybridized carbons (Fsp3) is 0.833. The minimum atomic E-state index is -0.818. The van der Waals surface area contributed by atoms with Crippen molar-refractivity contribution in [1.82, 2.24) is 10.6 Å². The molecule has 0 fully saturated rings. The Morgan fingerprint density at radius 2 is 2.00 bits per heavy atom. The Morgan fingerprint density at radius 1 is 1.33 bits per heavy atom. The molecule has 1 amide bonds. The maximum atomic E-state index is 11.8. The van der Waals surface area contributed by atoms with Crippen LogP contribution >= 0.6 is 0 Å². The van der Waals surface area contributed by atoms with Crippen LogP contribution in [0.25, 0.3) is 0 Å². The summed E-state index contributed by atoms with van der Waals surface area (Å²) in [4.78, 5) is 22.2. The van der Waals surface area contributed by atoms with E-state index in [-0.39, 0.29) is 25.1 Å². The molecule has 6 nitrogen and oxygen atoms in total. The van der Waals surface area contributed by atoms with Gasteiger partial charge in [-0.2, -0.15) is 0 Å². The summed E-state index contributed by atoms with van der Waals surface area (Å²) >= 11 is 0. The zero-order valence-corrected chi connectivity index (χ0v) is 11.4. The Balaban J connectivity index is 4.05. The second-order valence-electron chi connectivity index (χ2n) is 4.61. The number of carboxylic acids is 1. The maximum Gasteiger partial charge on any atom is 0.303 e. The molecule has 0 unspecified atom stereocenters. The van der Waals surface area contributed by atoms with Crippen molar-refractivity contribution in [2.75, 3.05) is 20.4 Å². The molecule has 1 atom stereocenters. The lowest BCUT2D eigenvalue weighted by atomic mass is 10.0. The molecular weight excluding hydrogens is 236 g/mol. The van der Waals surface area contributed by atoms with Crippen molar-refractivity contribution in [2.24, 2.45) is 5.92 Å². The van der Waals surface area contributed by atoms with Crippen molar-refractivity contribution in [3.8, 4) is 0 Å². The van der Waals surface area contributed by atoms with Gasteiger partial charge >= 0.3 is 5.97 Å². The molecule has 0 aliphatic rings. The molecule has 0 heterocycles. The molecule has 106 valence electrons. The highest BCUT2D eigenvalue weighted by Crippen LogP contribution is 2.05. The van der Waals surface area contributed by atoms with Gasteiger partial charge in [-0.25, -0.2) is 0 Å². The summed E-state index contributed by atoms with van der Waals surface area (Å²) in [5.74, 6) is -0.544. The van der Waals surface area contributed by atoms with Crippen LogP contribution in [-0.4, -0.2) is 43.4 Å². The van der Waals surface area contributed by atoms with Gasteiger partial charge in [-0.3, -0.25) is 9.59 Å². The van der Waals surface area contributed by atoms with Gasteiger partial charge in [-0.05, 0) is 25.3 Å². The number of carbonyl (C=O) groups excluding carboxylic acids is 1. The summed E-state index contributed by atoms with van der Waals surface area (Å²) < 4.78 is 4.79. The highest BCUT2D eigenvalue weighted by molar-refractivity contribution is 5.81. The summed E-state index contributed by atoms with van der Waals surface area (Å²) in [6.07, 6.45) is 1.34. The first-order valence-electron chi connectivity index (χ1n) is 6.19. The van der Waals surface area contributed by atoms with Gasteiger partial charge in [-0.1, -0.05) is 13.8 Å². The van der Waals surface area contributed by atoms with Crippen LogP contribution in [0.3, 0.4) is 0 Å². The fourth-order valence-electron chi connectivity index (χ4n) is 1.54. The third-order valence-electron chi connectivity index (χ3n) is 2.37. The number of methoxy groups -OCH3 is 1. The van der Waals surface area contributed by atoms with Crippen LogP contribution in [0, 0.1) is 5.92 Å². The second kappa shape index (κ2) is 9.85. The van der Waals surface area contributed by atoms with Gasteiger partial charge in [0.1, 0.15) is 6.73 Å². The molecule has 6 heteroatoms. The summed E-state index contributed by atoms with van der Waals surface area (Å²) in [5, 5.41) is 14.3. The van der Waals surface area contributed by atoms with Crippen molar-refractivity contribution < 1.29 is 19.4 Å². The first-order chi connectivity index (χ1) is 8.47. The predicted molar refractivity (Wildman–Crippen MR) is 68.1 cm³/mol. The molecule has 18 heavy (non-hydrogen) atoms. The normalized spacial score (nSPS) is 12.4. The average molecular weight is 260 g/mol. The second-order valence-corrected chi connectivity index (χ2v) is 4.61.